The highest BCUT2D eigenvalue weighted by Gasteiger charge is 2.49. The zero-order valence-corrected chi connectivity index (χ0v) is 12.3. The highest BCUT2D eigenvalue weighted by atomic mass is 35.5. The summed E-state index contributed by atoms with van der Waals surface area (Å²) >= 11 is 6.14. The molecule has 1 fully saturated rings. The lowest BCUT2D eigenvalue weighted by molar-refractivity contribution is -0.128. The summed E-state index contributed by atoms with van der Waals surface area (Å²) in [6.45, 7) is 2.04. The molecule has 0 bridgehead atoms. The van der Waals surface area contributed by atoms with E-state index in [4.69, 9.17) is 11.6 Å². The quantitative estimate of drug-likeness (QED) is 0.918. The fourth-order valence-corrected chi connectivity index (χ4v) is 3.15. The third kappa shape index (κ3) is 2.24. The van der Waals surface area contributed by atoms with Gasteiger partial charge in [0.1, 0.15) is 5.41 Å². The first-order valence-corrected chi connectivity index (χ1v) is 7.19. The molecular formula is C16H14ClN3O. The summed E-state index contributed by atoms with van der Waals surface area (Å²) in [6.07, 6.45) is 2.86. The maximum Gasteiger partial charge on any atom is 0.244 e. The van der Waals surface area contributed by atoms with Gasteiger partial charge in [0.05, 0.1) is 22.3 Å². The summed E-state index contributed by atoms with van der Waals surface area (Å²) in [5, 5.41) is 13.5. The predicted molar refractivity (Wildman–Crippen MR) is 81.8 cm³/mol. The van der Waals surface area contributed by atoms with Gasteiger partial charge in [-0.25, -0.2) is 0 Å². The molecule has 0 aliphatic heterocycles. The number of carbonyl (C=O) groups excluding carboxylic acids is 1. The summed E-state index contributed by atoms with van der Waals surface area (Å²) in [7, 11) is 0. The SMILES string of the molecule is CC1CC(C#N)(C(=O)Nc2ccc(Cl)c3cccnc23)C1. The van der Waals surface area contributed by atoms with Gasteiger partial charge in [0, 0.05) is 11.6 Å². The van der Waals surface area contributed by atoms with E-state index in [1.54, 1.807) is 24.4 Å². The Balaban J connectivity index is 1.94. The number of anilines is 1. The van der Waals surface area contributed by atoms with Gasteiger partial charge < -0.3 is 5.32 Å². The van der Waals surface area contributed by atoms with Crippen LogP contribution >= 0.6 is 11.6 Å². The number of hydrogen-bond donors (Lipinski definition) is 1. The number of rotatable bonds is 2. The molecule has 21 heavy (non-hydrogen) atoms. The lowest BCUT2D eigenvalue weighted by atomic mass is 9.63. The van der Waals surface area contributed by atoms with Crippen LogP contribution in [0.1, 0.15) is 19.8 Å². The van der Waals surface area contributed by atoms with Gasteiger partial charge >= 0.3 is 0 Å². The maximum atomic E-state index is 12.4. The molecule has 1 aliphatic rings. The minimum atomic E-state index is -0.903. The topological polar surface area (TPSA) is 65.8 Å². The molecule has 0 atom stereocenters. The van der Waals surface area contributed by atoms with E-state index in [1.807, 2.05) is 13.0 Å². The molecule has 4 nitrogen and oxygen atoms in total. The Kier molecular flexibility index (Phi) is 3.30. The molecule has 0 spiro atoms. The highest BCUT2D eigenvalue weighted by Crippen LogP contribution is 2.46. The number of nitrogens with zero attached hydrogens (tertiary/aromatic N) is 2. The average Bonchev–Trinajstić information content (AvgIpc) is 2.47. The maximum absolute atomic E-state index is 12.4. The number of aromatic nitrogens is 1. The molecule has 3 rings (SSSR count). The van der Waals surface area contributed by atoms with Crippen molar-refractivity contribution >= 4 is 34.1 Å². The van der Waals surface area contributed by atoms with Crippen LogP contribution in [0.25, 0.3) is 10.9 Å². The second-order valence-electron chi connectivity index (χ2n) is 5.66. The molecule has 2 aromatic rings. The Morgan fingerprint density at radius 1 is 1.48 bits per heavy atom. The van der Waals surface area contributed by atoms with Gasteiger partial charge in [-0.2, -0.15) is 5.26 Å². The van der Waals surface area contributed by atoms with Crippen molar-refractivity contribution in [2.45, 2.75) is 19.8 Å². The number of amides is 1. The van der Waals surface area contributed by atoms with Crippen LogP contribution in [-0.4, -0.2) is 10.9 Å². The van der Waals surface area contributed by atoms with Crippen LogP contribution in [-0.2, 0) is 4.79 Å². The molecule has 1 aromatic carbocycles. The van der Waals surface area contributed by atoms with Crippen molar-refractivity contribution in [1.82, 2.24) is 4.98 Å². The van der Waals surface area contributed by atoms with Gasteiger partial charge in [0.25, 0.3) is 0 Å². The van der Waals surface area contributed by atoms with Crippen LogP contribution in [0.5, 0.6) is 0 Å². The normalized spacial score (nSPS) is 24.1. The summed E-state index contributed by atoms with van der Waals surface area (Å²) < 4.78 is 0. The summed E-state index contributed by atoms with van der Waals surface area (Å²) in [6, 6.07) is 9.27. The zero-order chi connectivity index (χ0) is 15.0. The number of fused-ring (bicyclic) bond motifs is 1. The number of benzene rings is 1. The van der Waals surface area contributed by atoms with E-state index in [9.17, 15) is 10.1 Å². The average molecular weight is 300 g/mol. The molecule has 1 heterocycles. The number of nitriles is 1. The molecule has 1 N–H and O–H groups in total. The van der Waals surface area contributed by atoms with E-state index in [-0.39, 0.29) is 5.91 Å². The standard InChI is InChI=1S/C16H14ClN3O/c1-10-7-16(8-10,9-18)15(21)20-13-5-4-12(17)11-3-2-6-19-14(11)13/h2-6,10H,7-8H2,1H3,(H,20,21). The van der Waals surface area contributed by atoms with E-state index in [0.29, 0.717) is 35.0 Å². The van der Waals surface area contributed by atoms with Gasteiger partial charge in [-0.15, -0.1) is 0 Å². The third-order valence-electron chi connectivity index (χ3n) is 4.01. The Labute approximate surface area is 127 Å². The van der Waals surface area contributed by atoms with Gasteiger partial charge in [-0.3, -0.25) is 9.78 Å². The first-order valence-electron chi connectivity index (χ1n) is 6.82. The Bertz CT molecular complexity index is 760. The molecule has 5 heteroatoms. The second kappa shape index (κ2) is 5.01. The Hall–Kier alpha value is -2.12. The van der Waals surface area contributed by atoms with Gasteiger partial charge in [-0.1, -0.05) is 18.5 Å². The fourth-order valence-electron chi connectivity index (χ4n) is 2.94. The smallest absolute Gasteiger partial charge is 0.244 e. The van der Waals surface area contributed by atoms with Gasteiger partial charge in [-0.05, 0) is 43.0 Å². The molecule has 1 aromatic heterocycles. The lowest BCUT2D eigenvalue weighted by Crippen LogP contribution is -2.45. The number of carbonyl (C=O) groups is 1. The molecule has 0 saturated heterocycles. The van der Waals surface area contributed by atoms with E-state index < -0.39 is 5.41 Å². The second-order valence-corrected chi connectivity index (χ2v) is 6.06. The van der Waals surface area contributed by atoms with E-state index in [1.165, 1.54) is 0 Å². The number of pyridine rings is 1. The minimum absolute atomic E-state index is 0.252. The van der Waals surface area contributed by atoms with Crippen molar-refractivity contribution in [1.29, 1.82) is 5.26 Å². The lowest BCUT2D eigenvalue weighted by Gasteiger charge is -2.39. The minimum Gasteiger partial charge on any atom is -0.323 e. The molecule has 1 saturated carbocycles. The molecular weight excluding hydrogens is 286 g/mol. The van der Waals surface area contributed by atoms with Crippen molar-refractivity contribution in [3.05, 3.63) is 35.5 Å². The van der Waals surface area contributed by atoms with Crippen LogP contribution < -0.4 is 5.32 Å². The summed E-state index contributed by atoms with van der Waals surface area (Å²) in [4.78, 5) is 16.7. The van der Waals surface area contributed by atoms with Crippen LogP contribution in [0, 0.1) is 22.7 Å². The number of hydrogen-bond acceptors (Lipinski definition) is 3. The largest absolute Gasteiger partial charge is 0.323 e. The van der Waals surface area contributed by atoms with Crippen molar-refractivity contribution in [3.8, 4) is 6.07 Å². The van der Waals surface area contributed by atoms with Crippen molar-refractivity contribution in [3.63, 3.8) is 0 Å². The van der Waals surface area contributed by atoms with Crippen LogP contribution in [0.15, 0.2) is 30.5 Å². The first kappa shape index (κ1) is 13.8. The highest BCUT2D eigenvalue weighted by molar-refractivity contribution is 6.36. The van der Waals surface area contributed by atoms with E-state index >= 15 is 0 Å². The van der Waals surface area contributed by atoms with Gasteiger partial charge in [0.15, 0.2) is 0 Å². The van der Waals surface area contributed by atoms with Gasteiger partial charge in [0.2, 0.25) is 5.91 Å². The van der Waals surface area contributed by atoms with Crippen molar-refractivity contribution < 1.29 is 4.79 Å². The van der Waals surface area contributed by atoms with E-state index in [0.717, 1.165) is 5.39 Å². The van der Waals surface area contributed by atoms with Crippen molar-refractivity contribution in [2.24, 2.45) is 11.3 Å². The number of nitrogens with one attached hydrogen (secondary N) is 1. The van der Waals surface area contributed by atoms with Crippen molar-refractivity contribution in [2.75, 3.05) is 5.32 Å². The Morgan fingerprint density at radius 3 is 2.90 bits per heavy atom. The molecule has 1 aliphatic carbocycles. The molecule has 1 amide bonds. The van der Waals surface area contributed by atoms with Crippen LogP contribution in [0.2, 0.25) is 5.02 Å². The van der Waals surface area contributed by atoms with Crippen LogP contribution in [0.3, 0.4) is 0 Å². The third-order valence-corrected chi connectivity index (χ3v) is 4.34. The fraction of sp³-hybridized carbons (Fsp3) is 0.312. The molecule has 106 valence electrons. The molecule has 0 radical (unpaired) electrons. The zero-order valence-electron chi connectivity index (χ0n) is 11.6. The first-order chi connectivity index (χ1) is 10.1. The monoisotopic (exact) mass is 299 g/mol. The predicted octanol–water partition coefficient (Wildman–Crippen LogP) is 3.77. The Morgan fingerprint density at radius 2 is 2.24 bits per heavy atom. The summed E-state index contributed by atoms with van der Waals surface area (Å²) in [5.41, 5.74) is 0.327. The van der Waals surface area contributed by atoms with Crippen LogP contribution in [0.4, 0.5) is 5.69 Å². The van der Waals surface area contributed by atoms with E-state index in [2.05, 4.69) is 16.4 Å². The molecule has 0 unspecified atom stereocenters. The number of halogens is 1. The summed E-state index contributed by atoms with van der Waals surface area (Å²) in [5.74, 6) is 0.160.